The summed E-state index contributed by atoms with van der Waals surface area (Å²) in [6.45, 7) is 10.5. The summed E-state index contributed by atoms with van der Waals surface area (Å²) in [5, 5.41) is 3.68. The molecule has 1 fully saturated rings. The summed E-state index contributed by atoms with van der Waals surface area (Å²) in [4.78, 5) is 2.64. The Bertz CT molecular complexity index is 347. The van der Waals surface area contributed by atoms with Crippen molar-refractivity contribution in [2.45, 2.75) is 39.3 Å². The molecule has 0 radical (unpaired) electrons. The molecule has 1 aliphatic heterocycles. The molecule has 1 N–H and O–H groups in total. The fraction of sp³-hybridized carbons (Fsp3) is 0.625. The van der Waals surface area contributed by atoms with Gasteiger partial charge in [0.1, 0.15) is 0 Å². The zero-order chi connectivity index (χ0) is 13.0. The number of nitrogens with one attached hydrogen (secondary N) is 1. The van der Waals surface area contributed by atoms with E-state index in [9.17, 15) is 0 Å². The maximum Gasteiger partial charge on any atom is 0.0449 e. The van der Waals surface area contributed by atoms with Crippen LogP contribution in [0.1, 0.15) is 38.8 Å². The number of rotatable bonds is 3. The number of benzene rings is 1. The summed E-state index contributed by atoms with van der Waals surface area (Å²) in [6, 6.07) is 12.0. The van der Waals surface area contributed by atoms with Gasteiger partial charge in [-0.25, -0.2) is 0 Å². The molecule has 1 aromatic rings. The lowest BCUT2D eigenvalue weighted by atomic mass is 10.0. The molecule has 2 atom stereocenters. The Labute approximate surface area is 111 Å². The van der Waals surface area contributed by atoms with Crippen LogP contribution in [0, 0.1) is 5.92 Å². The Morgan fingerprint density at radius 3 is 2.56 bits per heavy atom. The Hall–Kier alpha value is -0.860. The van der Waals surface area contributed by atoms with Crippen molar-refractivity contribution in [2.24, 2.45) is 5.92 Å². The van der Waals surface area contributed by atoms with Crippen LogP contribution >= 0.6 is 0 Å². The second-order valence-corrected chi connectivity index (χ2v) is 5.75. The highest BCUT2D eigenvalue weighted by atomic mass is 15.2. The second-order valence-electron chi connectivity index (χ2n) is 5.75. The molecule has 0 aliphatic carbocycles. The highest BCUT2D eigenvalue weighted by Gasteiger charge is 2.23. The van der Waals surface area contributed by atoms with Crippen molar-refractivity contribution in [3.05, 3.63) is 35.9 Å². The van der Waals surface area contributed by atoms with Crippen LogP contribution in [0.15, 0.2) is 30.3 Å². The van der Waals surface area contributed by atoms with Gasteiger partial charge in [0.15, 0.2) is 0 Å². The van der Waals surface area contributed by atoms with E-state index in [-0.39, 0.29) is 0 Å². The second kappa shape index (κ2) is 6.35. The van der Waals surface area contributed by atoms with Crippen molar-refractivity contribution >= 4 is 0 Å². The van der Waals surface area contributed by atoms with Crippen LogP contribution in [0.25, 0.3) is 0 Å². The van der Waals surface area contributed by atoms with E-state index in [2.05, 4.69) is 61.3 Å². The molecule has 0 saturated carbocycles. The van der Waals surface area contributed by atoms with E-state index in [1.807, 2.05) is 0 Å². The number of hydrogen-bond acceptors (Lipinski definition) is 2. The lowest BCUT2D eigenvalue weighted by Gasteiger charge is -2.32. The molecule has 0 amide bonds. The molecule has 18 heavy (non-hydrogen) atoms. The highest BCUT2D eigenvalue weighted by Crippen LogP contribution is 2.20. The summed E-state index contributed by atoms with van der Waals surface area (Å²) in [5.41, 5.74) is 1.42. The summed E-state index contributed by atoms with van der Waals surface area (Å²) >= 11 is 0. The van der Waals surface area contributed by atoms with Gasteiger partial charge in [0.25, 0.3) is 0 Å². The van der Waals surface area contributed by atoms with Crippen molar-refractivity contribution in [3.63, 3.8) is 0 Å². The molecular formula is C16H26N2. The molecule has 0 bridgehead atoms. The van der Waals surface area contributed by atoms with Crippen LogP contribution in [0.4, 0.5) is 0 Å². The molecule has 1 aromatic carbocycles. The average Bonchev–Trinajstić information content (AvgIpc) is 2.64. The van der Waals surface area contributed by atoms with Gasteiger partial charge in [0.05, 0.1) is 0 Å². The first kappa shape index (κ1) is 13.6. The van der Waals surface area contributed by atoms with E-state index in [0.29, 0.717) is 12.1 Å². The average molecular weight is 246 g/mol. The van der Waals surface area contributed by atoms with E-state index < -0.39 is 0 Å². The van der Waals surface area contributed by atoms with E-state index in [1.165, 1.54) is 18.5 Å². The van der Waals surface area contributed by atoms with Gasteiger partial charge in [-0.05, 0) is 37.9 Å². The highest BCUT2D eigenvalue weighted by molar-refractivity contribution is 5.19. The van der Waals surface area contributed by atoms with Gasteiger partial charge in [0, 0.05) is 18.6 Å². The standard InChI is InChI=1S/C16H26N2/c1-13(2)14(3)18-11-7-10-17-16(12-18)15-8-5-4-6-9-15/h4-6,8-9,13-14,16-17H,7,10-12H2,1-3H3. The minimum absolute atomic E-state index is 0.481. The first-order valence-corrected chi connectivity index (χ1v) is 7.21. The topological polar surface area (TPSA) is 15.3 Å². The minimum atomic E-state index is 0.481. The van der Waals surface area contributed by atoms with Gasteiger partial charge in [-0.1, -0.05) is 44.2 Å². The molecular weight excluding hydrogens is 220 g/mol. The van der Waals surface area contributed by atoms with Gasteiger partial charge in [0.2, 0.25) is 0 Å². The zero-order valence-electron chi connectivity index (χ0n) is 11.9. The van der Waals surface area contributed by atoms with Crippen molar-refractivity contribution in [1.82, 2.24) is 10.2 Å². The third kappa shape index (κ3) is 3.33. The first-order valence-electron chi connectivity index (χ1n) is 7.21. The molecule has 1 heterocycles. The third-order valence-electron chi connectivity index (χ3n) is 4.17. The van der Waals surface area contributed by atoms with Crippen molar-refractivity contribution in [3.8, 4) is 0 Å². The Balaban J connectivity index is 2.08. The normalized spacial score (nSPS) is 23.9. The molecule has 0 spiro atoms. The van der Waals surface area contributed by atoms with Crippen LogP contribution in [0.2, 0.25) is 0 Å². The predicted molar refractivity (Wildman–Crippen MR) is 77.7 cm³/mol. The zero-order valence-corrected chi connectivity index (χ0v) is 11.9. The number of nitrogens with zero attached hydrogens (tertiary/aromatic N) is 1. The Morgan fingerprint density at radius 1 is 1.17 bits per heavy atom. The Kier molecular flexibility index (Phi) is 4.79. The maximum atomic E-state index is 3.68. The molecule has 1 aliphatic rings. The van der Waals surface area contributed by atoms with Crippen LogP contribution < -0.4 is 5.32 Å². The molecule has 1 saturated heterocycles. The fourth-order valence-corrected chi connectivity index (χ4v) is 2.65. The summed E-state index contributed by atoms with van der Waals surface area (Å²) in [5.74, 6) is 0.722. The summed E-state index contributed by atoms with van der Waals surface area (Å²) in [6.07, 6.45) is 1.25. The maximum absolute atomic E-state index is 3.68. The van der Waals surface area contributed by atoms with Crippen LogP contribution in [0.3, 0.4) is 0 Å². The lowest BCUT2D eigenvalue weighted by molar-refractivity contribution is 0.166. The lowest BCUT2D eigenvalue weighted by Crippen LogP contribution is -2.40. The number of hydrogen-bond donors (Lipinski definition) is 1. The third-order valence-corrected chi connectivity index (χ3v) is 4.17. The fourth-order valence-electron chi connectivity index (χ4n) is 2.65. The van der Waals surface area contributed by atoms with Crippen molar-refractivity contribution in [2.75, 3.05) is 19.6 Å². The quantitative estimate of drug-likeness (QED) is 0.882. The van der Waals surface area contributed by atoms with E-state index in [1.54, 1.807) is 0 Å². The van der Waals surface area contributed by atoms with Gasteiger partial charge in [-0.15, -0.1) is 0 Å². The summed E-state index contributed by atoms with van der Waals surface area (Å²) < 4.78 is 0. The van der Waals surface area contributed by atoms with Gasteiger partial charge < -0.3 is 5.32 Å². The van der Waals surface area contributed by atoms with Crippen LogP contribution in [-0.2, 0) is 0 Å². The molecule has 100 valence electrons. The van der Waals surface area contributed by atoms with Gasteiger partial charge in [-0.2, -0.15) is 0 Å². The smallest absolute Gasteiger partial charge is 0.0449 e. The van der Waals surface area contributed by atoms with Gasteiger partial charge in [-0.3, -0.25) is 4.90 Å². The molecule has 2 unspecified atom stereocenters. The van der Waals surface area contributed by atoms with Crippen molar-refractivity contribution < 1.29 is 0 Å². The first-order chi connectivity index (χ1) is 8.68. The van der Waals surface area contributed by atoms with Crippen LogP contribution in [0.5, 0.6) is 0 Å². The van der Waals surface area contributed by atoms with Gasteiger partial charge >= 0.3 is 0 Å². The predicted octanol–water partition coefficient (Wildman–Crippen LogP) is 3.07. The largest absolute Gasteiger partial charge is 0.309 e. The molecule has 0 aromatic heterocycles. The van der Waals surface area contributed by atoms with Crippen LogP contribution in [-0.4, -0.2) is 30.6 Å². The summed E-state index contributed by atoms with van der Waals surface area (Å²) in [7, 11) is 0. The molecule has 2 heteroatoms. The van der Waals surface area contributed by atoms with E-state index in [4.69, 9.17) is 0 Å². The van der Waals surface area contributed by atoms with E-state index in [0.717, 1.165) is 19.0 Å². The Morgan fingerprint density at radius 2 is 1.89 bits per heavy atom. The van der Waals surface area contributed by atoms with E-state index >= 15 is 0 Å². The monoisotopic (exact) mass is 246 g/mol. The van der Waals surface area contributed by atoms with Crippen molar-refractivity contribution in [1.29, 1.82) is 0 Å². The minimum Gasteiger partial charge on any atom is -0.309 e. The molecule has 2 nitrogen and oxygen atoms in total. The SMILES string of the molecule is CC(C)C(C)N1CCCNC(c2ccccc2)C1. The molecule has 2 rings (SSSR count).